The van der Waals surface area contributed by atoms with Gasteiger partial charge in [-0.25, -0.2) is 0 Å². The summed E-state index contributed by atoms with van der Waals surface area (Å²) < 4.78 is 5.37. The van der Waals surface area contributed by atoms with E-state index in [-0.39, 0.29) is 11.2 Å². The minimum atomic E-state index is 0. The second-order valence-corrected chi connectivity index (χ2v) is 3.20. The Hall–Kier alpha value is -1.22. The summed E-state index contributed by atoms with van der Waals surface area (Å²) in [5, 5.41) is 9.68. The molecule has 0 spiro atoms. The summed E-state index contributed by atoms with van der Waals surface area (Å²) >= 11 is 0. The largest absolute Gasteiger partial charge is 0.504 e. The van der Waals surface area contributed by atoms with Gasteiger partial charge < -0.3 is 15.3 Å². The van der Waals surface area contributed by atoms with Gasteiger partial charge in [-0.05, 0) is 37.5 Å². The van der Waals surface area contributed by atoms with Gasteiger partial charge in [-0.3, -0.25) is 0 Å². The van der Waals surface area contributed by atoms with E-state index in [4.69, 9.17) is 4.74 Å². The van der Waals surface area contributed by atoms with E-state index in [1.165, 1.54) is 0 Å². The lowest BCUT2D eigenvalue weighted by Gasteiger charge is -2.10. The van der Waals surface area contributed by atoms with E-state index in [9.17, 15) is 5.11 Å². The minimum absolute atomic E-state index is 0. The minimum Gasteiger partial charge on any atom is -0.504 e. The van der Waals surface area contributed by atoms with Crippen LogP contribution in [-0.2, 0) is 0 Å². The van der Waals surface area contributed by atoms with Crippen molar-refractivity contribution in [2.24, 2.45) is 0 Å². The first-order valence-electron chi connectivity index (χ1n) is 5.58. The van der Waals surface area contributed by atoms with Gasteiger partial charge in [0.2, 0.25) is 0 Å². The lowest BCUT2D eigenvalue weighted by molar-refractivity contribution is 0.298. The highest BCUT2D eigenvalue weighted by Crippen LogP contribution is 2.31. The van der Waals surface area contributed by atoms with Crippen LogP contribution in [0, 0.1) is 13.8 Å². The van der Waals surface area contributed by atoms with E-state index in [0.29, 0.717) is 12.4 Å². The Morgan fingerprint density at radius 2 is 1.75 bits per heavy atom. The first-order chi connectivity index (χ1) is 7.16. The summed E-state index contributed by atoms with van der Waals surface area (Å²) in [4.78, 5) is 0. The van der Waals surface area contributed by atoms with Crippen molar-refractivity contribution >= 4 is 0 Å². The van der Waals surface area contributed by atoms with E-state index in [1.54, 1.807) is 0 Å². The molecule has 0 amide bonds. The fraction of sp³-hybridized carbons (Fsp3) is 0.538. The Balaban J connectivity index is 0. The van der Waals surface area contributed by atoms with Crippen LogP contribution in [0.25, 0.3) is 0 Å². The second-order valence-electron chi connectivity index (χ2n) is 3.20. The fourth-order valence-electron chi connectivity index (χ4n) is 1.10. The zero-order chi connectivity index (χ0) is 11.8. The molecule has 16 heavy (non-hydrogen) atoms. The van der Waals surface area contributed by atoms with Crippen LogP contribution in [0.5, 0.6) is 11.5 Å². The smallest absolute Gasteiger partial charge is 0.161 e. The monoisotopic (exact) mass is 228 g/mol. The highest BCUT2D eigenvalue weighted by atomic mass is 16.5. The van der Waals surface area contributed by atoms with Gasteiger partial charge in [0, 0.05) is 0 Å². The van der Waals surface area contributed by atoms with Gasteiger partial charge in [0.05, 0.1) is 6.61 Å². The molecule has 0 saturated heterocycles. The third-order valence-electron chi connectivity index (χ3n) is 2.13. The zero-order valence-electron chi connectivity index (χ0n) is 10.9. The van der Waals surface area contributed by atoms with Crippen LogP contribution < -0.4 is 4.74 Å². The average Bonchev–Trinajstić information content (AvgIpc) is 2.28. The van der Waals surface area contributed by atoms with Crippen molar-refractivity contribution in [1.82, 2.24) is 0 Å². The van der Waals surface area contributed by atoms with Crippen molar-refractivity contribution in [2.75, 3.05) is 6.61 Å². The molecule has 0 heterocycles. The highest BCUT2D eigenvalue weighted by molar-refractivity contribution is 5.48. The standard InChI is InChI=1S/C11H16O2.C2H6.H2O/c1-4-7-13-10-6-5-8(2)9(3)11(10)12;1-2;/h5-6,12H,4,7H2,1-3H3;1-2H3;1H2. The number of hydrogen-bond acceptors (Lipinski definition) is 2. The van der Waals surface area contributed by atoms with Crippen molar-refractivity contribution in [3.8, 4) is 11.5 Å². The lowest BCUT2D eigenvalue weighted by Crippen LogP contribution is -1.96. The molecular formula is C13H24O3. The molecular weight excluding hydrogens is 204 g/mol. The maximum absolute atomic E-state index is 9.68. The molecule has 0 fully saturated rings. The number of aromatic hydroxyl groups is 1. The van der Waals surface area contributed by atoms with E-state index in [0.717, 1.165) is 17.5 Å². The molecule has 0 radical (unpaired) electrons. The number of rotatable bonds is 3. The molecule has 1 aromatic rings. The van der Waals surface area contributed by atoms with Crippen LogP contribution in [0.3, 0.4) is 0 Å². The van der Waals surface area contributed by atoms with E-state index in [2.05, 4.69) is 0 Å². The normalized spacial score (nSPS) is 8.56. The number of hydrogen-bond donors (Lipinski definition) is 1. The van der Waals surface area contributed by atoms with Crippen molar-refractivity contribution < 1.29 is 15.3 Å². The molecule has 3 heteroatoms. The Bertz CT molecular complexity index is 295. The van der Waals surface area contributed by atoms with Crippen LogP contribution in [-0.4, -0.2) is 17.2 Å². The molecule has 0 atom stereocenters. The number of benzene rings is 1. The molecule has 0 aliphatic rings. The molecule has 94 valence electrons. The number of aryl methyl sites for hydroxylation is 1. The van der Waals surface area contributed by atoms with Gasteiger partial charge in [0.15, 0.2) is 11.5 Å². The summed E-state index contributed by atoms with van der Waals surface area (Å²) in [6, 6.07) is 3.77. The van der Waals surface area contributed by atoms with Crippen LogP contribution in [0.4, 0.5) is 0 Å². The fourth-order valence-corrected chi connectivity index (χ4v) is 1.10. The first kappa shape index (κ1) is 17.2. The Kier molecular flexibility index (Phi) is 9.71. The Morgan fingerprint density at radius 1 is 1.19 bits per heavy atom. The summed E-state index contributed by atoms with van der Waals surface area (Å²) in [7, 11) is 0. The molecule has 0 aliphatic carbocycles. The predicted octanol–water partition coefficient (Wildman–Crippen LogP) is 3.00. The molecule has 1 rings (SSSR count). The van der Waals surface area contributed by atoms with Gasteiger partial charge in [0.1, 0.15) is 0 Å². The molecule has 0 unspecified atom stereocenters. The van der Waals surface area contributed by atoms with Crippen molar-refractivity contribution in [3.63, 3.8) is 0 Å². The van der Waals surface area contributed by atoms with E-state index >= 15 is 0 Å². The number of phenolic OH excluding ortho intramolecular Hbond substituents is 1. The Labute approximate surface area is 98.4 Å². The quantitative estimate of drug-likeness (QED) is 0.864. The molecule has 0 bridgehead atoms. The lowest BCUT2D eigenvalue weighted by atomic mass is 10.1. The number of ether oxygens (including phenoxy) is 1. The Morgan fingerprint density at radius 3 is 2.25 bits per heavy atom. The topological polar surface area (TPSA) is 61.0 Å². The van der Waals surface area contributed by atoms with Gasteiger partial charge in [-0.2, -0.15) is 0 Å². The van der Waals surface area contributed by atoms with Gasteiger partial charge in [0.25, 0.3) is 0 Å². The third-order valence-corrected chi connectivity index (χ3v) is 2.13. The van der Waals surface area contributed by atoms with Crippen molar-refractivity contribution in [1.29, 1.82) is 0 Å². The maximum atomic E-state index is 9.68. The highest BCUT2D eigenvalue weighted by Gasteiger charge is 2.06. The van der Waals surface area contributed by atoms with E-state index in [1.807, 2.05) is 46.8 Å². The molecule has 0 aliphatic heterocycles. The summed E-state index contributed by atoms with van der Waals surface area (Å²) in [5.41, 5.74) is 1.98. The van der Waals surface area contributed by atoms with Crippen LogP contribution in [0.1, 0.15) is 38.3 Å². The summed E-state index contributed by atoms with van der Waals surface area (Å²) in [6.45, 7) is 10.6. The van der Waals surface area contributed by atoms with Crippen LogP contribution >= 0.6 is 0 Å². The van der Waals surface area contributed by atoms with E-state index < -0.39 is 0 Å². The molecule has 0 saturated carbocycles. The maximum Gasteiger partial charge on any atom is 0.161 e. The zero-order valence-corrected chi connectivity index (χ0v) is 10.9. The SMILES string of the molecule is CC.CCCOc1ccc(C)c(C)c1O.O. The van der Waals surface area contributed by atoms with Crippen LogP contribution in [0.2, 0.25) is 0 Å². The predicted molar refractivity (Wildman–Crippen MR) is 68.3 cm³/mol. The summed E-state index contributed by atoms with van der Waals surface area (Å²) in [6.07, 6.45) is 0.951. The van der Waals surface area contributed by atoms with Gasteiger partial charge in [-0.15, -0.1) is 0 Å². The van der Waals surface area contributed by atoms with Crippen molar-refractivity contribution in [3.05, 3.63) is 23.3 Å². The first-order valence-corrected chi connectivity index (χ1v) is 5.58. The third kappa shape index (κ3) is 4.53. The number of phenols is 1. The van der Waals surface area contributed by atoms with Crippen molar-refractivity contribution in [2.45, 2.75) is 41.0 Å². The molecule has 3 nitrogen and oxygen atoms in total. The molecule has 1 aromatic carbocycles. The second kappa shape index (κ2) is 9.04. The van der Waals surface area contributed by atoms with Crippen LogP contribution in [0.15, 0.2) is 12.1 Å². The molecule has 3 N–H and O–H groups in total. The van der Waals surface area contributed by atoms with Gasteiger partial charge in [-0.1, -0.05) is 26.8 Å². The molecule has 0 aromatic heterocycles. The average molecular weight is 228 g/mol. The summed E-state index contributed by atoms with van der Waals surface area (Å²) in [5.74, 6) is 0.860. The van der Waals surface area contributed by atoms with Gasteiger partial charge >= 0.3 is 0 Å².